The number of ether oxygens (including phenoxy) is 1. The molecule has 1 atom stereocenters. The molecule has 0 bridgehead atoms. The van der Waals surface area contributed by atoms with Crippen LogP contribution in [-0.4, -0.2) is 30.7 Å². The lowest BCUT2D eigenvalue weighted by Crippen LogP contribution is -2.21. The zero-order valence-electron chi connectivity index (χ0n) is 9.47. The molecule has 0 aliphatic heterocycles. The van der Waals surface area contributed by atoms with Gasteiger partial charge in [0.25, 0.3) is 0 Å². The fourth-order valence-corrected chi connectivity index (χ4v) is 1.79. The quantitative estimate of drug-likeness (QED) is 0.843. The molecule has 84 valence electrons. The molecule has 0 saturated carbocycles. The number of hydrogen-bond acceptors (Lipinski definition) is 4. The van der Waals surface area contributed by atoms with Crippen LogP contribution in [0.4, 0.5) is 0 Å². The van der Waals surface area contributed by atoms with Gasteiger partial charge in [0, 0.05) is 19.5 Å². The van der Waals surface area contributed by atoms with Crippen molar-refractivity contribution in [3.63, 3.8) is 0 Å². The van der Waals surface area contributed by atoms with Crippen molar-refractivity contribution in [3.05, 3.63) is 36.2 Å². The largest absolute Gasteiger partial charge is 0.383 e. The molecule has 0 aliphatic rings. The van der Waals surface area contributed by atoms with Crippen LogP contribution in [0.2, 0.25) is 0 Å². The van der Waals surface area contributed by atoms with Crippen molar-refractivity contribution in [1.82, 2.24) is 15.3 Å². The Kier molecular flexibility index (Phi) is 3.44. The molecule has 1 unspecified atom stereocenters. The van der Waals surface area contributed by atoms with E-state index in [1.54, 1.807) is 19.5 Å². The molecule has 0 aliphatic carbocycles. The van der Waals surface area contributed by atoms with Crippen LogP contribution >= 0.6 is 0 Å². The predicted molar refractivity (Wildman–Crippen MR) is 63.2 cm³/mol. The molecular formula is C12H15N3O. The number of para-hydroxylation sites is 1. The highest BCUT2D eigenvalue weighted by molar-refractivity contribution is 5.78. The van der Waals surface area contributed by atoms with Gasteiger partial charge >= 0.3 is 0 Å². The second-order valence-corrected chi connectivity index (χ2v) is 3.57. The Hall–Kier alpha value is -1.52. The van der Waals surface area contributed by atoms with Crippen LogP contribution in [0.25, 0.3) is 11.0 Å². The molecule has 2 rings (SSSR count). The van der Waals surface area contributed by atoms with Crippen molar-refractivity contribution in [2.24, 2.45) is 0 Å². The molecule has 4 nitrogen and oxygen atoms in total. The van der Waals surface area contributed by atoms with Gasteiger partial charge in [-0.3, -0.25) is 9.97 Å². The molecule has 1 aromatic carbocycles. The Morgan fingerprint density at radius 3 is 2.88 bits per heavy atom. The van der Waals surface area contributed by atoms with Gasteiger partial charge in [0.15, 0.2) is 0 Å². The Bertz CT molecular complexity index is 467. The van der Waals surface area contributed by atoms with Crippen molar-refractivity contribution in [1.29, 1.82) is 0 Å². The normalized spacial score (nSPS) is 12.9. The number of likely N-dealkylation sites (N-methyl/N-ethyl adjacent to an activating group) is 1. The summed E-state index contributed by atoms with van der Waals surface area (Å²) in [5.74, 6) is 0. The third kappa shape index (κ3) is 2.03. The van der Waals surface area contributed by atoms with Gasteiger partial charge < -0.3 is 10.1 Å². The molecule has 0 saturated heterocycles. The molecule has 4 heteroatoms. The van der Waals surface area contributed by atoms with Gasteiger partial charge in [0.05, 0.1) is 23.7 Å². The Labute approximate surface area is 94.7 Å². The first-order valence-corrected chi connectivity index (χ1v) is 5.22. The summed E-state index contributed by atoms with van der Waals surface area (Å²) in [4.78, 5) is 8.66. The monoisotopic (exact) mass is 217 g/mol. The molecule has 1 N–H and O–H groups in total. The molecule has 0 amide bonds. The predicted octanol–water partition coefficient (Wildman–Crippen LogP) is 1.54. The van der Waals surface area contributed by atoms with Gasteiger partial charge in [-0.25, -0.2) is 0 Å². The lowest BCUT2D eigenvalue weighted by Gasteiger charge is -2.16. The van der Waals surface area contributed by atoms with Crippen LogP contribution in [0.5, 0.6) is 0 Å². The van der Waals surface area contributed by atoms with Gasteiger partial charge in [-0.1, -0.05) is 12.1 Å². The van der Waals surface area contributed by atoms with E-state index in [2.05, 4.69) is 21.4 Å². The third-order valence-electron chi connectivity index (χ3n) is 2.59. The van der Waals surface area contributed by atoms with Gasteiger partial charge in [0.1, 0.15) is 0 Å². The maximum absolute atomic E-state index is 5.19. The summed E-state index contributed by atoms with van der Waals surface area (Å²) in [6, 6.07) is 6.15. The standard InChI is InChI=1S/C12H15N3O/c1-13-11(8-16-2)9-4-3-5-10-12(9)15-7-6-14-10/h3-7,11,13H,8H2,1-2H3. The fourth-order valence-electron chi connectivity index (χ4n) is 1.79. The summed E-state index contributed by atoms with van der Waals surface area (Å²) in [6.45, 7) is 0.617. The highest BCUT2D eigenvalue weighted by Gasteiger charge is 2.12. The van der Waals surface area contributed by atoms with E-state index in [0.29, 0.717) is 6.61 Å². The van der Waals surface area contributed by atoms with E-state index in [1.807, 2.05) is 19.2 Å². The van der Waals surface area contributed by atoms with Gasteiger partial charge in [-0.15, -0.1) is 0 Å². The van der Waals surface area contributed by atoms with Gasteiger partial charge in [-0.05, 0) is 18.7 Å². The molecule has 0 fully saturated rings. The van der Waals surface area contributed by atoms with Crippen molar-refractivity contribution >= 4 is 11.0 Å². The van der Waals surface area contributed by atoms with Crippen molar-refractivity contribution in [2.45, 2.75) is 6.04 Å². The molecular weight excluding hydrogens is 202 g/mol. The number of fused-ring (bicyclic) bond motifs is 1. The maximum atomic E-state index is 5.19. The summed E-state index contributed by atoms with van der Waals surface area (Å²) in [6.07, 6.45) is 3.42. The van der Waals surface area contributed by atoms with Crippen molar-refractivity contribution in [2.75, 3.05) is 20.8 Å². The van der Waals surface area contributed by atoms with E-state index in [1.165, 1.54) is 0 Å². The smallest absolute Gasteiger partial charge is 0.0935 e. The van der Waals surface area contributed by atoms with Gasteiger partial charge in [-0.2, -0.15) is 0 Å². The van der Waals surface area contributed by atoms with E-state index in [-0.39, 0.29) is 6.04 Å². The lowest BCUT2D eigenvalue weighted by atomic mass is 10.1. The second-order valence-electron chi connectivity index (χ2n) is 3.57. The number of rotatable bonds is 4. The molecule has 1 aromatic heterocycles. The topological polar surface area (TPSA) is 47.0 Å². The number of hydrogen-bond donors (Lipinski definition) is 1. The molecule has 16 heavy (non-hydrogen) atoms. The lowest BCUT2D eigenvalue weighted by molar-refractivity contribution is 0.171. The van der Waals surface area contributed by atoms with Crippen LogP contribution < -0.4 is 5.32 Å². The third-order valence-corrected chi connectivity index (χ3v) is 2.59. The number of aromatic nitrogens is 2. The number of nitrogens with one attached hydrogen (secondary N) is 1. The number of nitrogens with zero attached hydrogens (tertiary/aromatic N) is 2. The van der Waals surface area contributed by atoms with Crippen molar-refractivity contribution in [3.8, 4) is 0 Å². The minimum absolute atomic E-state index is 0.144. The molecule has 0 spiro atoms. The Morgan fingerprint density at radius 1 is 1.31 bits per heavy atom. The van der Waals surface area contributed by atoms with E-state index in [0.717, 1.165) is 16.6 Å². The average molecular weight is 217 g/mol. The molecule has 1 heterocycles. The van der Waals surface area contributed by atoms with Gasteiger partial charge in [0.2, 0.25) is 0 Å². The fraction of sp³-hybridized carbons (Fsp3) is 0.333. The van der Waals surface area contributed by atoms with Crippen LogP contribution in [-0.2, 0) is 4.74 Å². The summed E-state index contributed by atoms with van der Waals surface area (Å²) < 4.78 is 5.19. The first-order chi connectivity index (χ1) is 7.86. The summed E-state index contributed by atoms with van der Waals surface area (Å²) in [5, 5.41) is 3.22. The maximum Gasteiger partial charge on any atom is 0.0935 e. The molecule has 0 radical (unpaired) electrons. The van der Waals surface area contributed by atoms with Crippen LogP contribution in [0.1, 0.15) is 11.6 Å². The number of benzene rings is 1. The van der Waals surface area contributed by atoms with Crippen molar-refractivity contribution < 1.29 is 4.74 Å². The minimum Gasteiger partial charge on any atom is -0.383 e. The van der Waals surface area contributed by atoms with Crippen LogP contribution in [0.3, 0.4) is 0 Å². The van der Waals surface area contributed by atoms with E-state index in [4.69, 9.17) is 4.74 Å². The molecule has 2 aromatic rings. The highest BCUT2D eigenvalue weighted by Crippen LogP contribution is 2.20. The minimum atomic E-state index is 0.144. The first kappa shape index (κ1) is 11.0. The SMILES string of the molecule is CNC(COC)c1cccc2nccnc12. The zero-order valence-corrected chi connectivity index (χ0v) is 9.47. The zero-order chi connectivity index (χ0) is 11.4. The van der Waals surface area contributed by atoms with Crippen LogP contribution in [0, 0.1) is 0 Å². The second kappa shape index (κ2) is 5.01. The summed E-state index contributed by atoms with van der Waals surface area (Å²) in [7, 11) is 3.61. The highest BCUT2D eigenvalue weighted by atomic mass is 16.5. The Balaban J connectivity index is 2.50. The van der Waals surface area contributed by atoms with Crippen LogP contribution in [0.15, 0.2) is 30.6 Å². The van der Waals surface area contributed by atoms with E-state index >= 15 is 0 Å². The number of methoxy groups -OCH3 is 1. The Morgan fingerprint density at radius 2 is 2.12 bits per heavy atom. The van der Waals surface area contributed by atoms with E-state index < -0.39 is 0 Å². The summed E-state index contributed by atoms with van der Waals surface area (Å²) in [5.41, 5.74) is 2.97. The first-order valence-electron chi connectivity index (χ1n) is 5.22. The van der Waals surface area contributed by atoms with E-state index in [9.17, 15) is 0 Å². The average Bonchev–Trinajstić information content (AvgIpc) is 2.35. The summed E-state index contributed by atoms with van der Waals surface area (Å²) >= 11 is 0.